The number of tetrazole rings is 1. The standard InChI is InChI=1S/C35H33BrClN7O4/c1-3-5-15-28-39-32(37)31(34(45)38-27(35(46)48-4-2)18-21-11-7-6-8-12-21)44(28)19-25-22-16-17-47-20-26(22)30(36)29(25)23-13-9-10-14-24(23)33-40-42-43-41-33/h6-14,16-17,20,27H,3-5,15,18-19H2,1-2H3,(H,38,45)(H,40,41,42,43)/t27-/m0/s1. The Balaban J connectivity index is 1.46. The first kappa shape index (κ1) is 33.1. The lowest BCUT2D eigenvalue weighted by molar-refractivity contribution is -0.145. The van der Waals surface area contributed by atoms with E-state index in [-0.39, 0.29) is 30.4 Å². The number of fused-ring (bicyclic) bond motifs is 1. The van der Waals surface area contributed by atoms with E-state index in [1.54, 1.807) is 19.5 Å². The monoisotopic (exact) mass is 729 g/mol. The van der Waals surface area contributed by atoms with E-state index in [0.717, 1.165) is 56.3 Å². The highest BCUT2D eigenvalue weighted by Gasteiger charge is 2.31. The van der Waals surface area contributed by atoms with E-state index < -0.39 is 17.9 Å². The summed E-state index contributed by atoms with van der Waals surface area (Å²) in [5.74, 6) is 0.0449. The smallest absolute Gasteiger partial charge is 0.328 e. The molecule has 0 radical (unpaired) electrons. The lowest BCUT2D eigenvalue weighted by Crippen LogP contribution is -2.44. The summed E-state index contributed by atoms with van der Waals surface area (Å²) in [4.78, 5) is 31.9. The van der Waals surface area contributed by atoms with Crippen molar-refractivity contribution in [1.82, 2.24) is 35.5 Å². The zero-order chi connectivity index (χ0) is 33.6. The molecular weight excluding hydrogens is 698 g/mol. The number of hydrogen-bond acceptors (Lipinski definition) is 8. The summed E-state index contributed by atoms with van der Waals surface area (Å²) in [5.41, 5.74) is 6.20. The second kappa shape index (κ2) is 15.0. The predicted octanol–water partition coefficient (Wildman–Crippen LogP) is 7.14. The highest BCUT2D eigenvalue weighted by atomic mass is 79.9. The van der Waals surface area contributed by atoms with E-state index in [4.69, 9.17) is 20.8 Å². The van der Waals surface area contributed by atoms with Crippen molar-refractivity contribution in [1.29, 1.82) is 0 Å². The van der Waals surface area contributed by atoms with Gasteiger partial charge in [0.05, 0.1) is 25.7 Å². The maximum atomic E-state index is 14.2. The summed E-state index contributed by atoms with van der Waals surface area (Å²) < 4.78 is 13.6. The van der Waals surface area contributed by atoms with Crippen LogP contribution >= 0.6 is 27.5 Å². The summed E-state index contributed by atoms with van der Waals surface area (Å²) in [6, 6.07) is 18.2. The molecule has 48 heavy (non-hydrogen) atoms. The van der Waals surface area contributed by atoms with E-state index in [9.17, 15) is 9.59 Å². The molecule has 0 bridgehead atoms. The molecule has 1 amide bonds. The zero-order valence-corrected chi connectivity index (χ0v) is 28.7. The average molecular weight is 731 g/mol. The maximum Gasteiger partial charge on any atom is 0.328 e. The second-order valence-corrected chi connectivity index (χ2v) is 12.3. The van der Waals surface area contributed by atoms with Crippen molar-refractivity contribution >= 4 is 39.4 Å². The number of carbonyl (C=O) groups excluding carboxylic acids is 2. The molecule has 13 heteroatoms. The van der Waals surface area contributed by atoms with Gasteiger partial charge in [0.2, 0.25) is 5.82 Å². The fourth-order valence-electron chi connectivity index (χ4n) is 5.87. The number of aryl methyl sites for hydroxylation is 1. The van der Waals surface area contributed by atoms with Gasteiger partial charge in [-0.3, -0.25) is 4.79 Å². The largest absolute Gasteiger partial charge is 0.472 e. The summed E-state index contributed by atoms with van der Waals surface area (Å²) >= 11 is 10.6. The molecule has 4 aromatic rings. The third kappa shape index (κ3) is 6.76. The van der Waals surface area contributed by atoms with Crippen molar-refractivity contribution in [2.24, 2.45) is 0 Å². The van der Waals surface area contributed by atoms with Crippen LogP contribution in [0.5, 0.6) is 0 Å². The highest BCUT2D eigenvalue weighted by molar-refractivity contribution is 9.10. The van der Waals surface area contributed by atoms with Crippen molar-refractivity contribution in [3.8, 4) is 33.6 Å². The summed E-state index contributed by atoms with van der Waals surface area (Å²) in [6.07, 6.45) is 5.91. The van der Waals surface area contributed by atoms with Gasteiger partial charge in [-0.15, -0.1) is 10.2 Å². The Morgan fingerprint density at radius 3 is 2.54 bits per heavy atom. The zero-order valence-electron chi connectivity index (χ0n) is 26.4. The van der Waals surface area contributed by atoms with Crippen LogP contribution in [0.3, 0.4) is 0 Å². The van der Waals surface area contributed by atoms with Crippen LogP contribution in [0, 0.1) is 0 Å². The normalized spacial score (nSPS) is 11.9. The number of aromatic amines is 1. The summed E-state index contributed by atoms with van der Waals surface area (Å²) in [5, 5.41) is 17.7. The number of carbonyl (C=O) groups is 2. The number of nitrogens with zero attached hydrogens (tertiary/aromatic N) is 5. The average Bonchev–Trinajstić information content (AvgIpc) is 3.81. The molecule has 1 atom stereocenters. The number of hydrogen-bond donors (Lipinski definition) is 2. The number of benzene rings is 2. The molecule has 0 unspecified atom stereocenters. The van der Waals surface area contributed by atoms with Gasteiger partial charge in [-0.25, -0.2) is 9.78 Å². The molecule has 0 saturated carbocycles. The van der Waals surface area contributed by atoms with E-state index in [1.807, 2.05) is 65.2 Å². The summed E-state index contributed by atoms with van der Waals surface area (Å²) in [6.45, 7) is 4.25. The number of ether oxygens (including phenoxy) is 1. The van der Waals surface area contributed by atoms with Gasteiger partial charge in [-0.1, -0.05) is 79.5 Å². The number of aromatic nitrogens is 6. The summed E-state index contributed by atoms with van der Waals surface area (Å²) in [7, 11) is 0. The maximum absolute atomic E-state index is 14.2. The van der Waals surface area contributed by atoms with E-state index in [1.165, 1.54) is 0 Å². The van der Waals surface area contributed by atoms with E-state index in [0.29, 0.717) is 18.1 Å². The first-order valence-electron chi connectivity index (χ1n) is 15.7. The first-order chi connectivity index (χ1) is 23.4. The Morgan fingerprint density at radius 2 is 1.81 bits per heavy atom. The molecule has 11 nitrogen and oxygen atoms in total. The van der Waals surface area contributed by atoms with Crippen molar-refractivity contribution in [2.45, 2.75) is 52.1 Å². The lowest BCUT2D eigenvalue weighted by Gasteiger charge is -2.19. The first-order valence-corrected chi connectivity index (χ1v) is 16.8. The van der Waals surface area contributed by atoms with Crippen molar-refractivity contribution in [2.75, 3.05) is 6.61 Å². The van der Waals surface area contributed by atoms with E-state index >= 15 is 0 Å². The minimum atomic E-state index is -0.939. The number of H-pyrrole nitrogens is 1. The molecule has 0 fully saturated rings. The van der Waals surface area contributed by atoms with Gasteiger partial charge < -0.3 is 19.0 Å². The third-order valence-corrected chi connectivity index (χ3v) is 9.19. The molecule has 2 aromatic carbocycles. The lowest BCUT2D eigenvalue weighted by atomic mass is 9.97. The Hall–Kier alpha value is -4.81. The molecule has 6 rings (SSSR count). The van der Waals surface area contributed by atoms with Crippen LogP contribution in [0.15, 0.2) is 82.1 Å². The van der Waals surface area contributed by atoms with Crippen LogP contribution in [0.2, 0.25) is 5.15 Å². The van der Waals surface area contributed by atoms with Crippen LogP contribution in [-0.2, 0) is 28.9 Å². The SMILES string of the molecule is CCCCc1nc(Cl)c(C(=O)N[C@@H](Cc2ccccc2)C(=O)OCC)n1Cc1c2ccocc-2c(Br)c1-c1ccccc1-c1nn[nH]n1. The molecule has 1 aliphatic heterocycles. The Bertz CT molecular complexity index is 1990. The molecule has 3 heterocycles. The molecule has 1 aliphatic carbocycles. The van der Waals surface area contributed by atoms with E-state index in [2.05, 4.69) is 53.8 Å². The van der Waals surface area contributed by atoms with Crippen molar-refractivity contribution in [3.05, 3.63) is 105 Å². The molecular formula is C35H33BrClN7O4. The molecule has 246 valence electrons. The number of halogens is 2. The van der Waals surface area contributed by atoms with Gasteiger partial charge in [0.1, 0.15) is 17.6 Å². The van der Waals surface area contributed by atoms with Crippen LogP contribution in [-0.4, -0.2) is 54.7 Å². The second-order valence-electron chi connectivity index (χ2n) is 11.2. The third-order valence-electron chi connectivity index (χ3n) is 8.10. The topological polar surface area (TPSA) is 141 Å². The number of amides is 1. The fourth-order valence-corrected chi connectivity index (χ4v) is 6.92. The van der Waals surface area contributed by atoms with Crippen molar-refractivity contribution in [3.63, 3.8) is 0 Å². The molecule has 2 aliphatic rings. The quantitative estimate of drug-likeness (QED) is 0.120. The Morgan fingerprint density at radius 1 is 1.04 bits per heavy atom. The Labute approximate surface area is 290 Å². The van der Waals surface area contributed by atoms with Crippen LogP contribution in [0.1, 0.15) is 54.1 Å². The molecule has 2 N–H and O–H groups in total. The highest BCUT2D eigenvalue weighted by Crippen LogP contribution is 2.48. The minimum absolute atomic E-state index is 0.0552. The van der Waals surface area contributed by atoms with Gasteiger partial charge in [0.15, 0.2) is 5.15 Å². The predicted molar refractivity (Wildman–Crippen MR) is 185 cm³/mol. The van der Waals surface area contributed by atoms with Gasteiger partial charge in [0.25, 0.3) is 5.91 Å². The molecule has 0 spiro atoms. The van der Waals surface area contributed by atoms with Crippen molar-refractivity contribution < 1.29 is 18.7 Å². The number of unbranched alkanes of at least 4 members (excludes halogenated alkanes) is 1. The van der Waals surface area contributed by atoms with Crippen LogP contribution < -0.4 is 5.32 Å². The van der Waals surface area contributed by atoms with Gasteiger partial charge in [-0.05, 0) is 62.8 Å². The molecule has 0 saturated heterocycles. The minimum Gasteiger partial charge on any atom is -0.472 e. The van der Waals surface area contributed by atoms with Gasteiger partial charge in [0, 0.05) is 34.0 Å². The number of nitrogens with one attached hydrogen (secondary N) is 2. The van der Waals surface area contributed by atoms with Crippen LogP contribution in [0.25, 0.3) is 33.6 Å². The fraction of sp³-hybridized carbons (Fsp3) is 0.257. The Kier molecular flexibility index (Phi) is 10.3. The number of imidazole rings is 1. The number of esters is 1. The number of rotatable bonds is 13. The van der Waals surface area contributed by atoms with Gasteiger partial charge in [-0.2, -0.15) is 5.21 Å². The van der Waals surface area contributed by atoms with Gasteiger partial charge >= 0.3 is 5.97 Å². The van der Waals surface area contributed by atoms with Crippen LogP contribution in [0.4, 0.5) is 0 Å². The molecule has 2 aromatic heterocycles.